The molecule has 0 atom stereocenters. The van der Waals surface area contributed by atoms with Gasteiger partial charge in [-0.3, -0.25) is 0 Å². The van der Waals surface area contributed by atoms with E-state index in [1.807, 2.05) is 0 Å². The van der Waals surface area contributed by atoms with Gasteiger partial charge in [-0.15, -0.1) is 0 Å². The Bertz CT molecular complexity index is 618. The van der Waals surface area contributed by atoms with Crippen LogP contribution in [0.25, 0.3) is 0 Å². The lowest BCUT2D eigenvalue weighted by Gasteiger charge is -2.37. The zero-order valence-corrected chi connectivity index (χ0v) is 14.5. The number of anilines is 1. The first-order valence-electron chi connectivity index (χ1n) is 6.90. The van der Waals surface area contributed by atoms with E-state index in [0.29, 0.717) is 12.0 Å². The molecule has 0 heterocycles. The number of rotatable bonds is 3. The smallest absolute Gasteiger partial charge is 0.0486 e. The van der Waals surface area contributed by atoms with E-state index in [9.17, 15) is 0 Å². The molecule has 20 heavy (non-hydrogen) atoms. The van der Waals surface area contributed by atoms with Crippen LogP contribution in [-0.4, -0.2) is 6.04 Å². The molecule has 3 rings (SSSR count). The molecule has 0 aliphatic heterocycles. The second-order valence-corrected chi connectivity index (χ2v) is 7.32. The minimum atomic E-state index is 0.581. The van der Waals surface area contributed by atoms with Crippen LogP contribution in [0.15, 0.2) is 51.4 Å². The lowest BCUT2D eigenvalue weighted by molar-refractivity contribution is 0.374. The van der Waals surface area contributed by atoms with Gasteiger partial charge in [-0.05, 0) is 77.0 Å². The zero-order valence-electron chi connectivity index (χ0n) is 11.4. The first-order valence-corrected chi connectivity index (χ1v) is 8.48. The highest BCUT2D eigenvalue weighted by Crippen LogP contribution is 2.40. The molecule has 1 N–H and O–H groups in total. The number of halogens is 2. The molecule has 104 valence electrons. The maximum absolute atomic E-state index is 3.63. The summed E-state index contributed by atoms with van der Waals surface area (Å²) in [6.07, 6.45) is 2.41. The van der Waals surface area contributed by atoms with Gasteiger partial charge < -0.3 is 5.32 Å². The third kappa shape index (κ3) is 3.09. The van der Waals surface area contributed by atoms with Crippen LogP contribution in [0.1, 0.15) is 29.9 Å². The highest BCUT2D eigenvalue weighted by Gasteiger charge is 2.30. The molecule has 0 amide bonds. The van der Waals surface area contributed by atoms with Gasteiger partial charge in [0, 0.05) is 20.7 Å². The Labute approximate surface area is 137 Å². The van der Waals surface area contributed by atoms with Crippen molar-refractivity contribution in [3.05, 3.63) is 62.5 Å². The summed E-state index contributed by atoms with van der Waals surface area (Å²) >= 11 is 7.18. The van der Waals surface area contributed by atoms with Crippen LogP contribution in [-0.2, 0) is 0 Å². The molecule has 1 saturated carbocycles. The molecule has 0 unspecified atom stereocenters. The van der Waals surface area contributed by atoms with Gasteiger partial charge in [0.1, 0.15) is 0 Å². The Hall–Kier alpha value is -0.800. The number of benzene rings is 2. The maximum atomic E-state index is 3.63. The van der Waals surface area contributed by atoms with Gasteiger partial charge in [0.25, 0.3) is 0 Å². The summed E-state index contributed by atoms with van der Waals surface area (Å²) in [5.74, 6) is 0.689. The summed E-state index contributed by atoms with van der Waals surface area (Å²) in [5, 5.41) is 3.63. The number of hydrogen-bond acceptors (Lipinski definition) is 1. The second-order valence-electron chi connectivity index (χ2n) is 5.55. The van der Waals surface area contributed by atoms with Gasteiger partial charge in [-0.2, -0.15) is 0 Å². The maximum Gasteiger partial charge on any atom is 0.0486 e. The van der Waals surface area contributed by atoms with Crippen LogP contribution in [0, 0.1) is 6.92 Å². The molecule has 0 spiro atoms. The Kier molecular flexibility index (Phi) is 4.18. The summed E-state index contributed by atoms with van der Waals surface area (Å²) in [6.45, 7) is 2.11. The fraction of sp³-hybridized carbons (Fsp3) is 0.294. The van der Waals surface area contributed by atoms with Crippen LogP contribution in [0.5, 0.6) is 0 Å². The third-order valence-electron chi connectivity index (χ3n) is 3.94. The van der Waals surface area contributed by atoms with Crippen molar-refractivity contribution in [1.82, 2.24) is 0 Å². The molecule has 1 nitrogen and oxygen atoms in total. The van der Waals surface area contributed by atoms with Crippen molar-refractivity contribution in [3.63, 3.8) is 0 Å². The zero-order chi connectivity index (χ0) is 14.1. The fourth-order valence-electron chi connectivity index (χ4n) is 2.73. The van der Waals surface area contributed by atoms with Gasteiger partial charge >= 0.3 is 0 Å². The Morgan fingerprint density at radius 1 is 1.05 bits per heavy atom. The lowest BCUT2D eigenvalue weighted by atomic mass is 9.76. The number of aryl methyl sites for hydroxylation is 1. The minimum Gasteiger partial charge on any atom is -0.381 e. The summed E-state index contributed by atoms with van der Waals surface area (Å²) < 4.78 is 2.33. The predicted octanol–water partition coefficient (Wildman–Crippen LogP) is 5.88. The van der Waals surface area contributed by atoms with E-state index in [1.54, 1.807) is 0 Å². The molecule has 0 saturated heterocycles. The van der Waals surface area contributed by atoms with Crippen molar-refractivity contribution in [2.24, 2.45) is 0 Å². The van der Waals surface area contributed by atoms with Gasteiger partial charge in [-0.25, -0.2) is 0 Å². The molecular formula is C17H17Br2N. The van der Waals surface area contributed by atoms with Crippen molar-refractivity contribution >= 4 is 37.5 Å². The summed E-state index contributed by atoms with van der Waals surface area (Å²) in [7, 11) is 0. The van der Waals surface area contributed by atoms with Crippen LogP contribution in [0.2, 0.25) is 0 Å². The molecule has 1 fully saturated rings. The van der Waals surface area contributed by atoms with Gasteiger partial charge in [0.2, 0.25) is 0 Å². The largest absolute Gasteiger partial charge is 0.381 e. The average molecular weight is 395 g/mol. The molecule has 1 aliphatic carbocycles. The number of nitrogens with one attached hydrogen (secondary N) is 1. The molecule has 2 aromatic carbocycles. The second kappa shape index (κ2) is 5.90. The van der Waals surface area contributed by atoms with Gasteiger partial charge in [0.05, 0.1) is 0 Å². The fourth-order valence-corrected chi connectivity index (χ4v) is 3.75. The molecule has 0 aromatic heterocycles. The van der Waals surface area contributed by atoms with Crippen LogP contribution in [0.4, 0.5) is 5.69 Å². The Morgan fingerprint density at radius 3 is 2.55 bits per heavy atom. The summed E-state index contributed by atoms with van der Waals surface area (Å²) in [6, 6.07) is 15.7. The van der Waals surface area contributed by atoms with Crippen molar-refractivity contribution in [1.29, 1.82) is 0 Å². The molecule has 0 bridgehead atoms. The lowest BCUT2D eigenvalue weighted by Crippen LogP contribution is -2.34. The molecule has 3 heteroatoms. The third-order valence-corrected chi connectivity index (χ3v) is 5.09. The van der Waals surface area contributed by atoms with E-state index < -0.39 is 0 Å². The van der Waals surface area contributed by atoms with E-state index in [1.165, 1.54) is 34.1 Å². The number of hydrogen-bond donors (Lipinski definition) is 1. The molecule has 0 radical (unpaired) electrons. The van der Waals surface area contributed by atoms with Crippen molar-refractivity contribution in [3.8, 4) is 0 Å². The van der Waals surface area contributed by atoms with Crippen LogP contribution >= 0.6 is 31.9 Å². The summed E-state index contributed by atoms with van der Waals surface area (Å²) in [5.41, 5.74) is 3.93. The normalized spacial score (nSPS) is 21.4. The predicted molar refractivity (Wildman–Crippen MR) is 92.4 cm³/mol. The minimum absolute atomic E-state index is 0.581. The summed E-state index contributed by atoms with van der Waals surface area (Å²) in [4.78, 5) is 0. The standard InChI is InChI=1S/C17H17Br2N/c1-11-5-6-17(16(19)7-11)20-15-9-13(10-15)12-3-2-4-14(18)8-12/h2-8,13,15,20H,9-10H2,1H3. The van der Waals surface area contributed by atoms with Crippen molar-refractivity contribution in [2.75, 3.05) is 5.32 Å². The van der Waals surface area contributed by atoms with E-state index >= 15 is 0 Å². The first kappa shape index (κ1) is 14.2. The van der Waals surface area contributed by atoms with Crippen LogP contribution in [0.3, 0.4) is 0 Å². The molecule has 1 aliphatic rings. The van der Waals surface area contributed by atoms with Gasteiger partial charge in [0.15, 0.2) is 0 Å². The van der Waals surface area contributed by atoms with E-state index in [0.717, 1.165) is 4.47 Å². The van der Waals surface area contributed by atoms with Gasteiger partial charge in [-0.1, -0.05) is 34.1 Å². The van der Waals surface area contributed by atoms with Crippen molar-refractivity contribution in [2.45, 2.75) is 31.7 Å². The topological polar surface area (TPSA) is 12.0 Å². The van der Waals surface area contributed by atoms with E-state index in [2.05, 4.69) is 86.6 Å². The monoisotopic (exact) mass is 393 g/mol. The highest BCUT2D eigenvalue weighted by atomic mass is 79.9. The average Bonchev–Trinajstić information content (AvgIpc) is 2.35. The Balaban J connectivity index is 1.61. The van der Waals surface area contributed by atoms with Crippen molar-refractivity contribution < 1.29 is 0 Å². The Morgan fingerprint density at radius 2 is 1.85 bits per heavy atom. The van der Waals surface area contributed by atoms with Crippen LogP contribution < -0.4 is 5.32 Å². The quantitative estimate of drug-likeness (QED) is 0.685. The first-order chi connectivity index (χ1) is 9.61. The van der Waals surface area contributed by atoms with E-state index in [-0.39, 0.29) is 0 Å². The highest BCUT2D eigenvalue weighted by molar-refractivity contribution is 9.10. The SMILES string of the molecule is Cc1ccc(NC2CC(c3cccc(Br)c3)C2)c(Br)c1. The molecular weight excluding hydrogens is 378 g/mol. The van der Waals surface area contributed by atoms with E-state index in [4.69, 9.17) is 0 Å². The molecule has 2 aromatic rings.